The minimum atomic E-state index is -0.530. The van der Waals surface area contributed by atoms with Crippen LogP contribution >= 0.6 is 0 Å². The summed E-state index contributed by atoms with van der Waals surface area (Å²) in [4.78, 5) is 27.0. The number of nitrogens with zero attached hydrogens (tertiary/aromatic N) is 1. The second-order valence-electron chi connectivity index (χ2n) is 6.58. The molecule has 0 saturated heterocycles. The van der Waals surface area contributed by atoms with Crippen LogP contribution in [-0.2, 0) is 20.7 Å². The first kappa shape index (κ1) is 15.8. The van der Waals surface area contributed by atoms with Crippen LogP contribution < -0.4 is 4.90 Å². The number of carbonyl (C=O) groups is 2. The molecule has 3 rings (SSSR count). The molecule has 2 atom stereocenters. The topological polar surface area (TPSA) is 46.6 Å². The third-order valence-electron chi connectivity index (χ3n) is 5.18. The van der Waals surface area contributed by atoms with Gasteiger partial charge in [0.1, 0.15) is 6.04 Å². The molecule has 4 nitrogen and oxygen atoms in total. The van der Waals surface area contributed by atoms with Crippen LogP contribution in [0.1, 0.15) is 38.7 Å². The van der Waals surface area contributed by atoms with Gasteiger partial charge in [-0.2, -0.15) is 0 Å². The lowest BCUT2D eigenvalue weighted by molar-refractivity contribution is -0.143. The molecule has 2 aliphatic rings. The van der Waals surface area contributed by atoms with Gasteiger partial charge in [-0.05, 0) is 44.7 Å². The maximum Gasteiger partial charge on any atom is 0.329 e. The van der Waals surface area contributed by atoms with Crippen molar-refractivity contribution in [1.29, 1.82) is 0 Å². The van der Waals surface area contributed by atoms with Gasteiger partial charge in [0.2, 0.25) is 5.91 Å². The Morgan fingerprint density at radius 1 is 1.13 bits per heavy atom. The number of benzene rings is 1. The zero-order chi connectivity index (χ0) is 16.6. The molecule has 0 unspecified atom stereocenters. The number of ether oxygens (including phenoxy) is 1. The molecule has 0 N–H and O–H groups in total. The number of carbonyl (C=O) groups excluding carboxylic acids is 2. The van der Waals surface area contributed by atoms with Gasteiger partial charge in [0, 0.05) is 18.0 Å². The molecule has 1 aliphatic carbocycles. The van der Waals surface area contributed by atoms with Crippen LogP contribution in [0.25, 0.3) is 0 Å². The maximum absolute atomic E-state index is 13.1. The van der Waals surface area contributed by atoms with Crippen LogP contribution in [-0.4, -0.2) is 25.0 Å². The van der Waals surface area contributed by atoms with Crippen molar-refractivity contribution < 1.29 is 14.3 Å². The normalized spacial score (nSPS) is 23.7. The molecule has 0 spiro atoms. The molecule has 122 valence electrons. The molecule has 1 aromatic rings. The highest BCUT2D eigenvalue weighted by Gasteiger charge is 2.41. The molecule has 0 radical (unpaired) electrons. The average molecular weight is 313 g/mol. The second kappa shape index (κ2) is 6.19. The van der Waals surface area contributed by atoms with Gasteiger partial charge >= 0.3 is 5.97 Å². The minimum absolute atomic E-state index is 0.0444. The van der Waals surface area contributed by atoms with E-state index in [1.807, 2.05) is 24.3 Å². The summed E-state index contributed by atoms with van der Waals surface area (Å²) in [5.74, 6) is -0.331. The third kappa shape index (κ3) is 2.78. The molecule has 1 aromatic carbocycles. The quantitative estimate of drug-likeness (QED) is 0.622. The fraction of sp³-hybridized carbons (Fsp3) is 0.474. The van der Waals surface area contributed by atoms with E-state index in [1.54, 1.807) is 4.90 Å². The monoisotopic (exact) mass is 313 g/mol. The van der Waals surface area contributed by atoms with Gasteiger partial charge in [-0.1, -0.05) is 29.3 Å². The van der Waals surface area contributed by atoms with Crippen molar-refractivity contribution in [3.8, 4) is 0 Å². The molecule has 0 fully saturated rings. The number of para-hydroxylation sites is 1. The van der Waals surface area contributed by atoms with Crippen LogP contribution in [0.2, 0.25) is 0 Å². The van der Waals surface area contributed by atoms with Gasteiger partial charge in [0.05, 0.1) is 7.11 Å². The number of esters is 1. The Balaban J connectivity index is 1.91. The lowest BCUT2D eigenvalue weighted by atomic mass is 9.84. The Bertz CT molecular complexity index is 677. The van der Waals surface area contributed by atoms with E-state index in [4.69, 9.17) is 4.74 Å². The van der Waals surface area contributed by atoms with Crippen molar-refractivity contribution in [2.45, 2.75) is 45.6 Å². The Hall–Kier alpha value is -2.10. The summed E-state index contributed by atoms with van der Waals surface area (Å²) in [5.41, 5.74) is 4.59. The maximum atomic E-state index is 13.1. The number of anilines is 1. The van der Waals surface area contributed by atoms with Gasteiger partial charge in [0.25, 0.3) is 0 Å². The van der Waals surface area contributed by atoms with Crippen molar-refractivity contribution in [3.05, 3.63) is 41.0 Å². The number of allylic oxidation sites excluding steroid dienone is 2. The fourth-order valence-electron chi connectivity index (χ4n) is 3.64. The molecular formula is C19H23NO3. The van der Waals surface area contributed by atoms with E-state index >= 15 is 0 Å². The zero-order valence-electron chi connectivity index (χ0n) is 14.0. The van der Waals surface area contributed by atoms with Crippen molar-refractivity contribution in [3.63, 3.8) is 0 Å². The number of amides is 1. The first-order chi connectivity index (χ1) is 11.0. The third-order valence-corrected chi connectivity index (χ3v) is 5.18. The number of hydrogen-bond donors (Lipinski definition) is 0. The second-order valence-corrected chi connectivity index (χ2v) is 6.58. The van der Waals surface area contributed by atoms with Gasteiger partial charge in [0.15, 0.2) is 0 Å². The summed E-state index contributed by atoms with van der Waals surface area (Å²) >= 11 is 0. The van der Waals surface area contributed by atoms with Crippen LogP contribution in [0.15, 0.2) is 35.4 Å². The van der Waals surface area contributed by atoms with Crippen LogP contribution in [0.3, 0.4) is 0 Å². The Kier molecular flexibility index (Phi) is 4.24. The first-order valence-electron chi connectivity index (χ1n) is 8.17. The van der Waals surface area contributed by atoms with Crippen molar-refractivity contribution in [2.24, 2.45) is 5.92 Å². The molecule has 0 saturated carbocycles. The summed E-state index contributed by atoms with van der Waals surface area (Å²) < 4.78 is 4.93. The Morgan fingerprint density at radius 2 is 1.87 bits per heavy atom. The molecule has 23 heavy (non-hydrogen) atoms. The summed E-state index contributed by atoms with van der Waals surface area (Å²) in [5, 5.41) is 0. The lowest BCUT2D eigenvalue weighted by Gasteiger charge is -2.30. The van der Waals surface area contributed by atoms with Gasteiger partial charge in [-0.3, -0.25) is 9.69 Å². The van der Waals surface area contributed by atoms with E-state index in [-0.39, 0.29) is 17.8 Å². The molecule has 4 heteroatoms. The van der Waals surface area contributed by atoms with Gasteiger partial charge in [-0.15, -0.1) is 0 Å². The van der Waals surface area contributed by atoms with Crippen molar-refractivity contribution >= 4 is 17.6 Å². The van der Waals surface area contributed by atoms with E-state index in [0.29, 0.717) is 6.42 Å². The SMILES string of the molecule is COC(=O)[C@@H]1Cc2ccccc2N1C(=O)[C@H]1CCC(C)=C(C)C1. The van der Waals surface area contributed by atoms with E-state index in [1.165, 1.54) is 18.3 Å². The molecule has 1 heterocycles. The smallest absolute Gasteiger partial charge is 0.329 e. The van der Waals surface area contributed by atoms with Crippen LogP contribution in [0.5, 0.6) is 0 Å². The average Bonchev–Trinajstić information content (AvgIpc) is 2.95. The number of hydrogen-bond acceptors (Lipinski definition) is 3. The molecular weight excluding hydrogens is 290 g/mol. The van der Waals surface area contributed by atoms with E-state index in [2.05, 4.69) is 13.8 Å². The molecule has 0 bridgehead atoms. The Labute approximate surface area is 137 Å². The highest BCUT2D eigenvalue weighted by Crippen LogP contribution is 2.37. The van der Waals surface area contributed by atoms with Gasteiger partial charge in [-0.25, -0.2) is 4.79 Å². The predicted molar refractivity (Wildman–Crippen MR) is 89.2 cm³/mol. The molecule has 1 aliphatic heterocycles. The summed E-state index contributed by atoms with van der Waals surface area (Å²) in [7, 11) is 1.38. The molecule has 0 aromatic heterocycles. The van der Waals surface area contributed by atoms with Gasteiger partial charge < -0.3 is 4.74 Å². The summed E-state index contributed by atoms with van der Waals surface area (Å²) in [6.07, 6.45) is 3.14. The molecule has 1 amide bonds. The van der Waals surface area contributed by atoms with Crippen LogP contribution in [0.4, 0.5) is 5.69 Å². The summed E-state index contributed by atoms with van der Waals surface area (Å²) in [6, 6.07) is 7.23. The van der Waals surface area contributed by atoms with E-state index in [9.17, 15) is 9.59 Å². The first-order valence-corrected chi connectivity index (χ1v) is 8.17. The highest BCUT2D eigenvalue weighted by molar-refractivity contribution is 6.03. The highest BCUT2D eigenvalue weighted by atomic mass is 16.5. The number of rotatable bonds is 2. The van der Waals surface area contributed by atoms with E-state index < -0.39 is 6.04 Å². The number of fused-ring (bicyclic) bond motifs is 1. The van der Waals surface area contributed by atoms with Crippen molar-refractivity contribution in [1.82, 2.24) is 0 Å². The standard InChI is InChI=1S/C19H23NO3/c1-12-8-9-15(10-13(12)2)18(21)20-16-7-5-4-6-14(16)11-17(20)19(22)23-3/h4-7,15,17H,8-11H2,1-3H3/t15-,17-/m0/s1. The Morgan fingerprint density at radius 3 is 2.57 bits per heavy atom. The number of methoxy groups -OCH3 is 1. The minimum Gasteiger partial charge on any atom is -0.467 e. The largest absolute Gasteiger partial charge is 0.467 e. The predicted octanol–water partition coefficient (Wildman–Crippen LogP) is 3.25. The van der Waals surface area contributed by atoms with Crippen LogP contribution in [0, 0.1) is 5.92 Å². The van der Waals surface area contributed by atoms with E-state index in [0.717, 1.165) is 30.5 Å². The summed E-state index contributed by atoms with van der Waals surface area (Å²) in [6.45, 7) is 4.24. The fourth-order valence-corrected chi connectivity index (χ4v) is 3.64. The lowest BCUT2D eigenvalue weighted by Crippen LogP contribution is -2.46. The van der Waals surface area contributed by atoms with Crippen molar-refractivity contribution in [2.75, 3.05) is 12.0 Å². The zero-order valence-corrected chi connectivity index (χ0v) is 14.0.